The molecule has 1 saturated heterocycles. The third-order valence-electron chi connectivity index (χ3n) is 5.37. The van der Waals surface area contributed by atoms with Gasteiger partial charge in [0.05, 0.1) is 25.8 Å². The van der Waals surface area contributed by atoms with Crippen molar-refractivity contribution < 1.29 is 9.84 Å². The molecule has 28 heavy (non-hydrogen) atoms. The van der Waals surface area contributed by atoms with E-state index in [2.05, 4.69) is 33.1 Å². The van der Waals surface area contributed by atoms with Gasteiger partial charge >= 0.3 is 0 Å². The van der Waals surface area contributed by atoms with Crippen molar-refractivity contribution >= 4 is 28.6 Å². The maximum Gasteiger partial charge on any atom is 0.222 e. The van der Waals surface area contributed by atoms with E-state index >= 15 is 0 Å². The lowest BCUT2D eigenvalue weighted by atomic mass is 10.1. The summed E-state index contributed by atoms with van der Waals surface area (Å²) in [7, 11) is 1.68. The Bertz CT molecular complexity index is 990. The number of nitrogens with two attached hydrogens (primary N) is 1. The Morgan fingerprint density at radius 2 is 2.14 bits per heavy atom. The number of halogens is 1. The normalized spacial score (nSPS) is 17.5. The van der Waals surface area contributed by atoms with E-state index in [-0.39, 0.29) is 18.6 Å². The van der Waals surface area contributed by atoms with Crippen LogP contribution in [-0.4, -0.2) is 50.8 Å². The number of benzene rings is 1. The van der Waals surface area contributed by atoms with E-state index in [1.54, 1.807) is 7.11 Å². The lowest BCUT2D eigenvalue weighted by molar-refractivity contribution is 0.153. The second-order valence-corrected chi connectivity index (χ2v) is 7.50. The van der Waals surface area contributed by atoms with Crippen molar-refractivity contribution in [2.75, 3.05) is 26.0 Å². The van der Waals surface area contributed by atoms with Gasteiger partial charge in [-0.15, -0.1) is 0 Å². The van der Waals surface area contributed by atoms with Gasteiger partial charge in [0.15, 0.2) is 5.15 Å². The zero-order valence-electron chi connectivity index (χ0n) is 15.8. The maximum atomic E-state index is 9.53. The third kappa shape index (κ3) is 3.65. The molecule has 0 saturated carbocycles. The van der Waals surface area contributed by atoms with Gasteiger partial charge in [0, 0.05) is 24.3 Å². The highest BCUT2D eigenvalue weighted by Gasteiger charge is 2.23. The first-order chi connectivity index (χ1) is 13.6. The quantitative estimate of drug-likeness (QED) is 0.617. The highest BCUT2D eigenvalue weighted by atomic mass is 35.5. The zero-order valence-corrected chi connectivity index (χ0v) is 16.6. The number of aliphatic hydroxyl groups is 1. The van der Waals surface area contributed by atoms with Gasteiger partial charge in [0.1, 0.15) is 11.3 Å². The van der Waals surface area contributed by atoms with E-state index < -0.39 is 0 Å². The largest absolute Gasteiger partial charge is 0.496 e. The van der Waals surface area contributed by atoms with Crippen LogP contribution in [-0.2, 0) is 13.1 Å². The maximum absolute atomic E-state index is 9.53. The van der Waals surface area contributed by atoms with Crippen molar-refractivity contribution in [1.29, 1.82) is 0 Å². The number of ether oxygens (including phenoxy) is 1. The minimum atomic E-state index is 0.167. The summed E-state index contributed by atoms with van der Waals surface area (Å²) in [6.07, 6.45) is 4.11. The zero-order chi connectivity index (χ0) is 19.7. The molecule has 0 spiro atoms. The summed E-state index contributed by atoms with van der Waals surface area (Å²) < 4.78 is 7.65. The summed E-state index contributed by atoms with van der Waals surface area (Å²) in [6, 6.07) is 8.40. The summed E-state index contributed by atoms with van der Waals surface area (Å²) in [5.41, 5.74) is 9.37. The molecule has 0 aliphatic carbocycles. The molecule has 2 aromatic heterocycles. The van der Waals surface area contributed by atoms with Crippen LogP contribution in [0.2, 0.25) is 5.15 Å². The van der Waals surface area contributed by atoms with Crippen molar-refractivity contribution in [2.45, 2.75) is 32.0 Å². The number of nitrogen functional groups attached to an aromatic ring is 1. The van der Waals surface area contributed by atoms with Crippen LogP contribution < -0.4 is 10.5 Å². The minimum absolute atomic E-state index is 0.167. The summed E-state index contributed by atoms with van der Waals surface area (Å²) in [5, 5.41) is 9.87. The number of fused-ring (bicyclic) bond motifs is 1. The number of methoxy groups -OCH3 is 1. The Balaban J connectivity index is 1.59. The number of nitrogens with zero attached hydrogens (tertiary/aromatic N) is 4. The summed E-state index contributed by atoms with van der Waals surface area (Å²) in [4.78, 5) is 10.6. The van der Waals surface area contributed by atoms with Crippen LogP contribution >= 0.6 is 11.6 Å². The molecule has 1 aliphatic rings. The monoisotopic (exact) mass is 401 g/mol. The van der Waals surface area contributed by atoms with Gasteiger partial charge < -0.3 is 20.1 Å². The van der Waals surface area contributed by atoms with E-state index in [9.17, 15) is 5.11 Å². The van der Waals surface area contributed by atoms with Gasteiger partial charge in [-0.1, -0.05) is 23.7 Å². The fourth-order valence-corrected chi connectivity index (χ4v) is 4.25. The summed E-state index contributed by atoms with van der Waals surface area (Å²) in [5.74, 6) is 0.992. The highest BCUT2D eigenvalue weighted by Crippen LogP contribution is 2.28. The molecule has 1 fully saturated rings. The molecule has 3 heterocycles. The van der Waals surface area contributed by atoms with Gasteiger partial charge in [-0.3, -0.25) is 4.90 Å². The number of anilines is 1. The number of hydrogen-bond acceptors (Lipinski definition) is 6. The molecular weight excluding hydrogens is 378 g/mol. The number of likely N-dealkylation sites (tertiary alicyclic amines) is 1. The van der Waals surface area contributed by atoms with Crippen LogP contribution in [0.4, 0.5) is 5.95 Å². The molecule has 1 aromatic carbocycles. The Hall–Kier alpha value is -2.35. The van der Waals surface area contributed by atoms with Gasteiger partial charge in [0.25, 0.3) is 0 Å². The number of rotatable bonds is 6. The fraction of sp³-hybridized carbons (Fsp3) is 0.400. The average molecular weight is 402 g/mol. The molecule has 0 radical (unpaired) electrons. The van der Waals surface area contributed by atoms with Gasteiger partial charge in [-0.05, 0) is 37.1 Å². The molecule has 0 unspecified atom stereocenters. The van der Waals surface area contributed by atoms with Crippen molar-refractivity contribution in [3.8, 4) is 5.75 Å². The van der Waals surface area contributed by atoms with E-state index in [0.29, 0.717) is 11.7 Å². The Kier molecular flexibility index (Phi) is 5.39. The van der Waals surface area contributed by atoms with Gasteiger partial charge in [0.2, 0.25) is 5.95 Å². The molecule has 4 rings (SSSR count). The van der Waals surface area contributed by atoms with Crippen molar-refractivity contribution in [3.63, 3.8) is 0 Å². The van der Waals surface area contributed by atoms with E-state index in [4.69, 9.17) is 22.1 Å². The summed E-state index contributed by atoms with van der Waals surface area (Å²) in [6.45, 7) is 2.63. The Labute approximate surface area is 168 Å². The molecule has 1 atom stereocenters. The fourth-order valence-electron chi connectivity index (χ4n) is 3.96. The molecule has 3 aromatic rings. The number of aromatic nitrogens is 3. The first-order valence-electron chi connectivity index (χ1n) is 9.37. The molecule has 8 heteroatoms. The van der Waals surface area contributed by atoms with E-state index in [0.717, 1.165) is 48.3 Å². The Morgan fingerprint density at radius 3 is 2.93 bits per heavy atom. The predicted octanol–water partition coefficient (Wildman–Crippen LogP) is 2.68. The summed E-state index contributed by atoms with van der Waals surface area (Å²) >= 11 is 6.29. The lowest BCUT2D eigenvalue weighted by Gasteiger charge is -2.23. The van der Waals surface area contributed by atoms with E-state index in [1.807, 2.05) is 16.8 Å². The topological polar surface area (TPSA) is 89.4 Å². The molecular formula is C20H24ClN5O2. The molecule has 148 valence electrons. The second kappa shape index (κ2) is 7.95. The van der Waals surface area contributed by atoms with Crippen LogP contribution in [0.15, 0.2) is 30.5 Å². The van der Waals surface area contributed by atoms with Crippen LogP contribution in [0.3, 0.4) is 0 Å². The van der Waals surface area contributed by atoms with Crippen molar-refractivity contribution in [2.24, 2.45) is 0 Å². The first kappa shape index (κ1) is 19.0. The van der Waals surface area contributed by atoms with Crippen LogP contribution in [0, 0.1) is 0 Å². The van der Waals surface area contributed by atoms with Crippen LogP contribution in [0.5, 0.6) is 5.75 Å². The van der Waals surface area contributed by atoms with Crippen molar-refractivity contribution in [1.82, 2.24) is 19.4 Å². The second-order valence-electron chi connectivity index (χ2n) is 7.15. The molecule has 7 nitrogen and oxygen atoms in total. The van der Waals surface area contributed by atoms with Gasteiger partial charge in [-0.25, -0.2) is 4.98 Å². The van der Waals surface area contributed by atoms with Gasteiger partial charge in [-0.2, -0.15) is 4.98 Å². The average Bonchev–Trinajstić information content (AvgIpc) is 3.29. The van der Waals surface area contributed by atoms with Crippen LogP contribution in [0.25, 0.3) is 11.0 Å². The molecule has 1 aliphatic heterocycles. The minimum Gasteiger partial charge on any atom is -0.496 e. The number of aliphatic hydroxyl groups excluding tert-OH is 1. The van der Waals surface area contributed by atoms with E-state index in [1.165, 1.54) is 5.56 Å². The predicted molar refractivity (Wildman–Crippen MR) is 110 cm³/mol. The lowest BCUT2D eigenvalue weighted by Crippen LogP contribution is -2.31. The SMILES string of the molecule is COc1cc(CN2CCC[C@H]2CO)ccc1Cn1ccc2nc(N)nc(Cl)c21. The third-order valence-corrected chi connectivity index (χ3v) is 5.64. The standard InChI is InChI=1S/C20H24ClN5O2/c1-28-17-9-13(10-25-7-2-3-15(25)12-27)4-5-14(17)11-26-8-6-16-18(26)19(21)24-20(22)23-16/h4-6,8-9,15,27H,2-3,7,10-12H2,1H3,(H2,22,23,24)/t15-/m0/s1. The first-order valence-corrected chi connectivity index (χ1v) is 9.75. The highest BCUT2D eigenvalue weighted by molar-refractivity contribution is 6.33. The molecule has 3 N–H and O–H groups in total. The molecule has 0 amide bonds. The molecule has 0 bridgehead atoms. The Morgan fingerprint density at radius 1 is 1.29 bits per heavy atom. The number of hydrogen-bond donors (Lipinski definition) is 2. The smallest absolute Gasteiger partial charge is 0.222 e. The van der Waals surface area contributed by atoms with Crippen LogP contribution in [0.1, 0.15) is 24.0 Å². The van der Waals surface area contributed by atoms with Crippen molar-refractivity contribution in [3.05, 3.63) is 46.7 Å².